The van der Waals surface area contributed by atoms with Gasteiger partial charge in [-0.2, -0.15) is 0 Å². The number of hydrogen-bond acceptors (Lipinski definition) is 5. The van der Waals surface area contributed by atoms with Gasteiger partial charge in [0.1, 0.15) is 13.2 Å². The van der Waals surface area contributed by atoms with Crippen LogP contribution in [0.1, 0.15) is 23.8 Å². The molecule has 1 atom stereocenters. The number of thiophene rings is 1. The highest BCUT2D eigenvalue weighted by molar-refractivity contribution is 7.10. The second kappa shape index (κ2) is 7.14. The molecular weight excluding hydrogens is 360 g/mol. The SMILES string of the molecule is O=C(CNc1cc2c(cc1Cl)OCCO2)N1CCCC1c1cccs1. The molecular formula is C18H19ClN2O3S. The van der Waals surface area contributed by atoms with Crippen molar-refractivity contribution in [2.24, 2.45) is 0 Å². The van der Waals surface area contributed by atoms with Gasteiger partial charge >= 0.3 is 0 Å². The number of halogens is 1. The number of anilines is 1. The Morgan fingerprint density at radius 1 is 1.32 bits per heavy atom. The molecule has 0 spiro atoms. The van der Waals surface area contributed by atoms with Crippen molar-refractivity contribution in [2.75, 3.05) is 31.6 Å². The summed E-state index contributed by atoms with van der Waals surface area (Å²) in [6, 6.07) is 7.86. The minimum atomic E-state index is 0.0851. The van der Waals surface area contributed by atoms with E-state index < -0.39 is 0 Å². The Bertz CT molecular complexity index is 766. The van der Waals surface area contributed by atoms with Crippen LogP contribution in [0.25, 0.3) is 0 Å². The van der Waals surface area contributed by atoms with Crippen LogP contribution in [0.5, 0.6) is 11.5 Å². The van der Waals surface area contributed by atoms with Crippen molar-refractivity contribution in [3.05, 3.63) is 39.5 Å². The van der Waals surface area contributed by atoms with E-state index in [4.69, 9.17) is 21.1 Å². The molecule has 0 bridgehead atoms. The second-order valence-electron chi connectivity index (χ2n) is 6.09. The minimum absolute atomic E-state index is 0.0851. The van der Waals surface area contributed by atoms with Crippen LogP contribution in [0.4, 0.5) is 5.69 Å². The summed E-state index contributed by atoms with van der Waals surface area (Å²) in [7, 11) is 0. The lowest BCUT2D eigenvalue weighted by Gasteiger charge is -2.25. The number of hydrogen-bond donors (Lipinski definition) is 1. The van der Waals surface area contributed by atoms with Gasteiger partial charge in [-0.25, -0.2) is 0 Å². The number of nitrogens with one attached hydrogen (secondary N) is 1. The first-order valence-corrected chi connectivity index (χ1v) is 9.64. The number of rotatable bonds is 4. The summed E-state index contributed by atoms with van der Waals surface area (Å²) < 4.78 is 11.1. The number of likely N-dealkylation sites (tertiary alicyclic amines) is 1. The first-order chi connectivity index (χ1) is 12.2. The molecule has 0 aliphatic carbocycles. The first kappa shape index (κ1) is 16.5. The Balaban J connectivity index is 1.43. The number of carbonyl (C=O) groups excluding carboxylic acids is 1. The van der Waals surface area contributed by atoms with E-state index in [2.05, 4.69) is 16.8 Å². The molecule has 25 heavy (non-hydrogen) atoms. The molecule has 1 fully saturated rings. The Morgan fingerprint density at radius 3 is 2.88 bits per heavy atom. The number of fused-ring (bicyclic) bond motifs is 1. The van der Waals surface area contributed by atoms with Crippen LogP contribution in [0.15, 0.2) is 29.6 Å². The topological polar surface area (TPSA) is 50.8 Å². The van der Waals surface area contributed by atoms with Crippen LogP contribution in [-0.2, 0) is 4.79 Å². The molecule has 1 aromatic carbocycles. The van der Waals surface area contributed by atoms with E-state index in [1.807, 2.05) is 11.0 Å². The maximum Gasteiger partial charge on any atom is 0.242 e. The highest BCUT2D eigenvalue weighted by Gasteiger charge is 2.30. The molecule has 5 nitrogen and oxygen atoms in total. The molecule has 1 amide bonds. The minimum Gasteiger partial charge on any atom is -0.486 e. The molecule has 1 unspecified atom stereocenters. The van der Waals surface area contributed by atoms with Crippen molar-refractivity contribution < 1.29 is 14.3 Å². The van der Waals surface area contributed by atoms with E-state index in [9.17, 15) is 4.79 Å². The molecule has 132 valence electrons. The van der Waals surface area contributed by atoms with Crippen molar-refractivity contribution in [2.45, 2.75) is 18.9 Å². The molecule has 1 N–H and O–H groups in total. The Morgan fingerprint density at radius 2 is 2.12 bits per heavy atom. The Labute approximate surface area is 155 Å². The lowest BCUT2D eigenvalue weighted by Crippen LogP contribution is -2.34. The normalized spacial score (nSPS) is 19.1. The van der Waals surface area contributed by atoms with Crippen LogP contribution in [0.2, 0.25) is 5.02 Å². The van der Waals surface area contributed by atoms with Crippen molar-refractivity contribution in [1.82, 2.24) is 4.90 Å². The van der Waals surface area contributed by atoms with E-state index in [0.29, 0.717) is 35.4 Å². The first-order valence-electron chi connectivity index (χ1n) is 8.38. The molecule has 2 aromatic rings. The molecule has 0 radical (unpaired) electrons. The summed E-state index contributed by atoms with van der Waals surface area (Å²) in [6.45, 7) is 2.05. The standard InChI is InChI=1S/C18H19ClN2O3S/c19-12-9-15-16(24-7-6-23-15)10-13(12)20-11-18(22)21-5-1-3-14(21)17-4-2-8-25-17/h2,4,8-10,14,20H,1,3,5-7,11H2. The largest absolute Gasteiger partial charge is 0.486 e. The molecule has 3 heterocycles. The summed E-state index contributed by atoms with van der Waals surface area (Å²) in [6.07, 6.45) is 2.07. The van der Waals surface area contributed by atoms with Gasteiger partial charge < -0.3 is 19.7 Å². The van der Waals surface area contributed by atoms with Crippen LogP contribution in [0.3, 0.4) is 0 Å². The smallest absolute Gasteiger partial charge is 0.242 e. The van der Waals surface area contributed by atoms with Gasteiger partial charge in [0.25, 0.3) is 0 Å². The van der Waals surface area contributed by atoms with Gasteiger partial charge in [-0.3, -0.25) is 4.79 Å². The van der Waals surface area contributed by atoms with Crippen molar-refractivity contribution in [1.29, 1.82) is 0 Å². The maximum absolute atomic E-state index is 12.7. The summed E-state index contributed by atoms with van der Waals surface area (Å²) in [5, 5.41) is 5.73. The van der Waals surface area contributed by atoms with Gasteiger partial charge in [0, 0.05) is 23.6 Å². The zero-order valence-electron chi connectivity index (χ0n) is 13.7. The number of carbonyl (C=O) groups is 1. The third-order valence-electron chi connectivity index (χ3n) is 4.51. The van der Waals surface area contributed by atoms with Crippen LogP contribution >= 0.6 is 22.9 Å². The fourth-order valence-corrected chi connectivity index (χ4v) is 4.41. The molecule has 1 aromatic heterocycles. The van der Waals surface area contributed by atoms with Gasteiger partial charge in [0.15, 0.2) is 11.5 Å². The summed E-state index contributed by atoms with van der Waals surface area (Å²) >= 11 is 8.00. The van der Waals surface area contributed by atoms with E-state index in [0.717, 1.165) is 19.4 Å². The third-order valence-corrected chi connectivity index (χ3v) is 5.79. The lowest BCUT2D eigenvalue weighted by atomic mass is 10.2. The van der Waals surface area contributed by atoms with E-state index in [-0.39, 0.29) is 18.5 Å². The molecule has 1 saturated heterocycles. The van der Waals surface area contributed by atoms with Gasteiger partial charge in [0.05, 0.1) is 23.3 Å². The average Bonchev–Trinajstić information content (AvgIpc) is 3.30. The number of ether oxygens (including phenoxy) is 2. The molecule has 7 heteroatoms. The molecule has 2 aliphatic heterocycles. The quantitative estimate of drug-likeness (QED) is 0.875. The number of nitrogens with zero attached hydrogens (tertiary/aromatic N) is 1. The zero-order chi connectivity index (χ0) is 17.2. The highest BCUT2D eigenvalue weighted by Crippen LogP contribution is 2.38. The van der Waals surface area contributed by atoms with E-state index in [1.54, 1.807) is 23.5 Å². The highest BCUT2D eigenvalue weighted by atomic mass is 35.5. The number of benzene rings is 1. The summed E-state index contributed by atoms with van der Waals surface area (Å²) in [4.78, 5) is 15.9. The van der Waals surface area contributed by atoms with Crippen molar-refractivity contribution in [3.63, 3.8) is 0 Å². The zero-order valence-corrected chi connectivity index (χ0v) is 15.2. The van der Waals surface area contributed by atoms with Crippen molar-refractivity contribution in [3.8, 4) is 11.5 Å². The molecule has 2 aliphatic rings. The fourth-order valence-electron chi connectivity index (χ4n) is 3.31. The Hall–Kier alpha value is -1.92. The van der Waals surface area contributed by atoms with Gasteiger partial charge in [0.2, 0.25) is 5.91 Å². The van der Waals surface area contributed by atoms with Crippen molar-refractivity contribution >= 4 is 34.5 Å². The Kier molecular flexibility index (Phi) is 4.72. The van der Waals surface area contributed by atoms with Crippen LogP contribution < -0.4 is 14.8 Å². The maximum atomic E-state index is 12.7. The van der Waals surface area contributed by atoms with Gasteiger partial charge in [-0.15, -0.1) is 11.3 Å². The molecule has 4 rings (SSSR count). The van der Waals surface area contributed by atoms with Crippen LogP contribution in [-0.4, -0.2) is 37.1 Å². The monoisotopic (exact) mass is 378 g/mol. The van der Waals surface area contributed by atoms with E-state index >= 15 is 0 Å². The van der Waals surface area contributed by atoms with Gasteiger partial charge in [-0.1, -0.05) is 17.7 Å². The van der Waals surface area contributed by atoms with E-state index in [1.165, 1.54) is 4.88 Å². The lowest BCUT2D eigenvalue weighted by molar-refractivity contribution is -0.130. The summed E-state index contributed by atoms with van der Waals surface area (Å²) in [5.41, 5.74) is 0.686. The predicted octanol–water partition coefficient (Wildman–Crippen LogP) is 3.95. The van der Waals surface area contributed by atoms with Gasteiger partial charge in [-0.05, 0) is 24.3 Å². The summed E-state index contributed by atoms with van der Waals surface area (Å²) in [5.74, 6) is 1.38. The number of amides is 1. The second-order valence-corrected chi connectivity index (χ2v) is 7.48. The average molecular weight is 379 g/mol. The fraction of sp³-hybridized carbons (Fsp3) is 0.389. The van der Waals surface area contributed by atoms with Crippen LogP contribution in [0, 0.1) is 0 Å². The predicted molar refractivity (Wildman–Crippen MR) is 98.9 cm³/mol. The third kappa shape index (κ3) is 3.41. The molecule has 0 saturated carbocycles.